The zero-order valence-electron chi connectivity index (χ0n) is 18.4. The number of nitrogens with one attached hydrogen (secondary N) is 1. The SMILES string of the molecule is O=C(CN1Cc2ccc(-c3nc(NC4CCOCC4)ncc3Cl)cc2C1=O)N1C=CC=C(O)C1. The molecule has 0 radical (unpaired) electrons. The van der Waals surface area contributed by atoms with E-state index in [0.29, 0.717) is 47.6 Å². The molecular weight excluding hydrogens is 458 g/mol. The van der Waals surface area contributed by atoms with Gasteiger partial charge in [-0.25, -0.2) is 9.97 Å². The van der Waals surface area contributed by atoms with Gasteiger partial charge < -0.3 is 25.0 Å². The average molecular weight is 482 g/mol. The number of carbonyl (C=O) groups is 2. The highest BCUT2D eigenvalue weighted by atomic mass is 35.5. The third-order valence-electron chi connectivity index (χ3n) is 6.09. The second-order valence-corrected chi connectivity index (χ2v) is 8.88. The number of ether oxygens (including phenoxy) is 1. The van der Waals surface area contributed by atoms with E-state index in [-0.39, 0.29) is 36.7 Å². The molecule has 1 aromatic heterocycles. The fourth-order valence-electron chi connectivity index (χ4n) is 4.26. The van der Waals surface area contributed by atoms with E-state index in [4.69, 9.17) is 16.3 Å². The van der Waals surface area contributed by atoms with Gasteiger partial charge in [0, 0.05) is 43.1 Å². The average Bonchev–Trinajstić information content (AvgIpc) is 3.15. The number of benzene rings is 1. The van der Waals surface area contributed by atoms with Crippen molar-refractivity contribution in [3.05, 3.63) is 64.7 Å². The molecule has 1 aromatic carbocycles. The Kier molecular flexibility index (Phi) is 6.21. The summed E-state index contributed by atoms with van der Waals surface area (Å²) >= 11 is 6.41. The minimum Gasteiger partial charge on any atom is -0.510 e. The summed E-state index contributed by atoms with van der Waals surface area (Å²) in [6.45, 7) is 1.78. The van der Waals surface area contributed by atoms with Crippen molar-refractivity contribution in [2.24, 2.45) is 0 Å². The van der Waals surface area contributed by atoms with E-state index < -0.39 is 0 Å². The topological polar surface area (TPSA) is 108 Å². The number of aliphatic hydroxyl groups is 1. The summed E-state index contributed by atoms with van der Waals surface area (Å²) < 4.78 is 5.40. The van der Waals surface area contributed by atoms with Crippen LogP contribution in [0.25, 0.3) is 11.3 Å². The molecule has 2 aromatic rings. The van der Waals surface area contributed by atoms with Crippen LogP contribution in [0.2, 0.25) is 5.02 Å². The molecule has 2 N–H and O–H groups in total. The molecule has 3 aliphatic heterocycles. The Bertz CT molecular complexity index is 1190. The summed E-state index contributed by atoms with van der Waals surface area (Å²) in [4.78, 5) is 37.5. The molecule has 5 rings (SSSR count). The monoisotopic (exact) mass is 481 g/mol. The summed E-state index contributed by atoms with van der Waals surface area (Å²) in [7, 11) is 0. The number of allylic oxidation sites excluding steroid dienone is 2. The third-order valence-corrected chi connectivity index (χ3v) is 6.37. The maximum absolute atomic E-state index is 13.1. The Hall–Kier alpha value is -3.43. The van der Waals surface area contributed by atoms with Gasteiger partial charge in [0.1, 0.15) is 12.3 Å². The van der Waals surface area contributed by atoms with Crippen LogP contribution in [0, 0.1) is 0 Å². The first kappa shape index (κ1) is 22.4. The van der Waals surface area contributed by atoms with E-state index >= 15 is 0 Å². The zero-order chi connectivity index (χ0) is 23.7. The van der Waals surface area contributed by atoms with Crippen molar-refractivity contribution in [2.75, 3.05) is 31.6 Å². The first-order chi connectivity index (χ1) is 16.5. The second-order valence-electron chi connectivity index (χ2n) is 8.48. The van der Waals surface area contributed by atoms with Gasteiger partial charge in [0.2, 0.25) is 11.9 Å². The van der Waals surface area contributed by atoms with E-state index in [1.165, 1.54) is 15.9 Å². The fraction of sp³-hybridized carbons (Fsp3) is 0.333. The molecule has 0 bridgehead atoms. The number of rotatable bonds is 5. The molecule has 9 nitrogen and oxygen atoms in total. The molecule has 1 saturated heterocycles. The van der Waals surface area contributed by atoms with Crippen LogP contribution in [0.1, 0.15) is 28.8 Å². The molecule has 176 valence electrons. The van der Waals surface area contributed by atoms with Gasteiger partial charge in [-0.2, -0.15) is 0 Å². The van der Waals surface area contributed by atoms with E-state index in [1.807, 2.05) is 12.1 Å². The molecule has 0 aliphatic carbocycles. The first-order valence-corrected chi connectivity index (χ1v) is 11.5. The van der Waals surface area contributed by atoms with Crippen molar-refractivity contribution in [1.29, 1.82) is 0 Å². The standard InChI is InChI=1S/C24H24ClN5O4/c25-20-11-26-24(27-17-5-8-34-9-6-17)28-22(20)15-3-4-16-12-30(23(33)19(16)10-15)14-21(32)29-7-1-2-18(31)13-29/h1-4,7,10-11,17,31H,5-6,8-9,12-14H2,(H,26,27,28). The predicted octanol–water partition coefficient (Wildman–Crippen LogP) is 3.14. The van der Waals surface area contributed by atoms with Gasteiger partial charge in [-0.1, -0.05) is 23.7 Å². The lowest BCUT2D eigenvalue weighted by Crippen LogP contribution is -2.39. The summed E-state index contributed by atoms with van der Waals surface area (Å²) in [5, 5.41) is 13.4. The van der Waals surface area contributed by atoms with Crippen LogP contribution in [-0.4, -0.2) is 69.0 Å². The number of amides is 2. The van der Waals surface area contributed by atoms with Gasteiger partial charge in [-0.15, -0.1) is 0 Å². The molecule has 0 atom stereocenters. The van der Waals surface area contributed by atoms with E-state index in [1.54, 1.807) is 24.5 Å². The fourth-order valence-corrected chi connectivity index (χ4v) is 4.46. The highest BCUT2D eigenvalue weighted by Gasteiger charge is 2.31. The van der Waals surface area contributed by atoms with Crippen molar-refractivity contribution in [2.45, 2.75) is 25.4 Å². The molecule has 3 aliphatic rings. The number of anilines is 1. The Labute approximate surface area is 201 Å². The smallest absolute Gasteiger partial charge is 0.254 e. The highest BCUT2D eigenvalue weighted by molar-refractivity contribution is 6.33. The van der Waals surface area contributed by atoms with E-state index in [2.05, 4.69) is 15.3 Å². The number of hydrogen-bond donors (Lipinski definition) is 2. The summed E-state index contributed by atoms with van der Waals surface area (Å²) in [5.41, 5.74) is 2.61. The highest BCUT2D eigenvalue weighted by Crippen LogP contribution is 2.31. The van der Waals surface area contributed by atoms with Crippen LogP contribution in [0.15, 0.2) is 48.5 Å². The zero-order valence-corrected chi connectivity index (χ0v) is 19.2. The minimum absolute atomic E-state index is 0.0755. The first-order valence-electron chi connectivity index (χ1n) is 11.1. The van der Waals surface area contributed by atoms with Crippen molar-refractivity contribution >= 4 is 29.4 Å². The normalized spacial score (nSPS) is 18.1. The second kappa shape index (κ2) is 9.44. The van der Waals surface area contributed by atoms with Crippen LogP contribution >= 0.6 is 11.6 Å². The van der Waals surface area contributed by atoms with Crippen LogP contribution in [0.5, 0.6) is 0 Å². The Morgan fingerprint density at radius 2 is 2.09 bits per heavy atom. The Balaban J connectivity index is 1.32. The van der Waals surface area contributed by atoms with Crippen LogP contribution in [-0.2, 0) is 16.1 Å². The number of aromatic nitrogens is 2. The van der Waals surface area contributed by atoms with Crippen LogP contribution in [0.3, 0.4) is 0 Å². The van der Waals surface area contributed by atoms with Crippen LogP contribution in [0.4, 0.5) is 5.95 Å². The summed E-state index contributed by atoms with van der Waals surface area (Å²) in [6.07, 6.45) is 8.04. The number of aliphatic hydroxyl groups excluding tert-OH is 1. The number of carbonyl (C=O) groups excluding carboxylic acids is 2. The molecule has 4 heterocycles. The number of halogens is 1. The lowest BCUT2D eigenvalue weighted by Gasteiger charge is -2.23. The van der Waals surface area contributed by atoms with Gasteiger partial charge in [0.15, 0.2) is 0 Å². The van der Waals surface area contributed by atoms with Gasteiger partial charge in [-0.05, 0) is 36.6 Å². The van der Waals surface area contributed by atoms with Crippen molar-refractivity contribution in [1.82, 2.24) is 19.8 Å². The lowest BCUT2D eigenvalue weighted by molar-refractivity contribution is -0.129. The van der Waals surface area contributed by atoms with Gasteiger partial charge >= 0.3 is 0 Å². The molecule has 2 amide bonds. The molecule has 1 fully saturated rings. The molecule has 34 heavy (non-hydrogen) atoms. The van der Waals surface area contributed by atoms with E-state index in [9.17, 15) is 14.7 Å². The Morgan fingerprint density at radius 3 is 2.88 bits per heavy atom. The molecule has 0 spiro atoms. The molecule has 0 unspecified atom stereocenters. The predicted molar refractivity (Wildman–Crippen MR) is 126 cm³/mol. The van der Waals surface area contributed by atoms with Crippen molar-refractivity contribution in [3.8, 4) is 11.3 Å². The van der Waals surface area contributed by atoms with Gasteiger partial charge in [0.05, 0.1) is 23.5 Å². The summed E-state index contributed by atoms with van der Waals surface area (Å²) in [6, 6.07) is 5.75. The maximum atomic E-state index is 13.1. The largest absolute Gasteiger partial charge is 0.510 e. The maximum Gasteiger partial charge on any atom is 0.254 e. The minimum atomic E-state index is -0.264. The van der Waals surface area contributed by atoms with Gasteiger partial charge in [-0.3, -0.25) is 9.59 Å². The molecule has 10 heteroatoms. The third kappa shape index (κ3) is 4.62. The number of hydrogen-bond acceptors (Lipinski definition) is 7. The number of fused-ring (bicyclic) bond motifs is 1. The number of nitrogens with zero attached hydrogens (tertiary/aromatic N) is 4. The van der Waals surface area contributed by atoms with Crippen molar-refractivity contribution < 1.29 is 19.4 Å². The summed E-state index contributed by atoms with van der Waals surface area (Å²) in [5.74, 6) is 0.0952. The van der Waals surface area contributed by atoms with Gasteiger partial charge in [0.25, 0.3) is 5.91 Å². The van der Waals surface area contributed by atoms with Crippen molar-refractivity contribution in [3.63, 3.8) is 0 Å². The van der Waals surface area contributed by atoms with Crippen LogP contribution < -0.4 is 5.32 Å². The van der Waals surface area contributed by atoms with E-state index in [0.717, 1.165) is 18.4 Å². The Morgan fingerprint density at radius 1 is 1.26 bits per heavy atom. The lowest BCUT2D eigenvalue weighted by atomic mass is 10.0. The molecule has 0 saturated carbocycles. The quantitative estimate of drug-likeness (QED) is 0.675. The molecular formula is C24H24ClN5O4.